The predicted molar refractivity (Wildman–Crippen MR) is 85.8 cm³/mol. The molecule has 0 saturated heterocycles. The molecule has 4 nitrogen and oxygen atoms in total. The Bertz CT molecular complexity index is 384. The van der Waals surface area contributed by atoms with Gasteiger partial charge in [0.2, 0.25) is 0 Å². The molecule has 120 valence electrons. The number of ether oxygens (including phenoxy) is 3. The average Bonchev–Trinajstić information content (AvgIpc) is 2.42. The molecule has 0 bridgehead atoms. The van der Waals surface area contributed by atoms with Gasteiger partial charge in [-0.05, 0) is 45.4 Å². The summed E-state index contributed by atoms with van der Waals surface area (Å²) in [7, 11) is 1.67. The van der Waals surface area contributed by atoms with Gasteiger partial charge in [0, 0.05) is 19.2 Å². The number of methoxy groups -OCH3 is 1. The maximum atomic E-state index is 5.65. The number of rotatable bonds is 9. The third kappa shape index (κ3) is 8.71. The predicted octanol–water partition coefficient (Wildman–Crippen LogP) is 3.01. The van der Waals surface area contributed by atoms with Crippen molar-refractivity contribution in [1.82, 2.24) is 5.32 Å². The van der Waals surface area contributed by atoms with Crippen LogP contribution >= 0.6 is 0 Å². The van der Waals surface area contributed by atoms with Gasteiger partial charge in [-0.25, -0.2) is 0 Å². The van der Waals surface area contributed by atoms with Crippen LogP contribution in [0.2, 0.25) is 0 Å². The fraction of sp³-hybridized carbons (Fsp3) is 0.647. The summed E-state index contributed by atoms with van der Waals surface area (Å²) in [5.41, 5.74) is 1.38. The van der Waals surface area contributed by atoms with Crippen LogP contribution in [0.3, 0.4) is 0 Å². The highest BCUT2D eigenvalue weighted by molar-refractivity contribution is 5.27. The first kappa shape index (κ1) is 18.0. The van der Waals surface area contributed by atoms with Gasteiger partial charge in [0.15, 0.2) is 0 Å². The zero-order chi connectivity index (χ0) is 15.7. The Hall–Kier alpha value is -1.10. The molecule has 0 aromatic heterocycles. The van der Waals surface area contributed by atoms with Crippen molar-refractivity contribution in [2.24, 2.45) is 0 Å². The van der Waals surface area contributed by atoms with E-state index in [-0.39, 0.29) is 11.6 Å². The van der Waals surface area contributed by atoms with Gasteiger partial charge in [-0.15, -0.1) is 0 Å². The molecule has 1 atom stereocenters. The van der Waals surface area contributed by atoms with Gasteiger partial charge in [-0.3, -0.25) is 0 Å². The number of nitrogens with one attached hydrogen (secondary N) is 1. The van der Waals surface area contributed by atoms with Crippen molar-refractivity contribution < 1.29 is 14.2 Å². The average molecular weight is 295 g/mol. The van der Waals surface area contributed by atoms with Crippen molar-refractivity contribution in [3.05, 3.63) is 29.8 Å². The van der Waals surface area contributed by atoms with Crippen LogP contribution in [0, 0.1) is 0 Å². The second-order valence-electron chi connectivity index (χ2n) is 6.23. The second-order valence-corrected chi connectivity index (χ2v) is 6.23. The first-order chi connectivity index (χ1) is 9.90. The topological polar surface area (TPSA) is 39.7 Å². The van der Waals surface area contributed by atoms with Crippen molar-refractivity contribution in [2.75, 3.05) is 26.9 Å². The quantitative estimate of drug-likeness (QED) is 0.711. The molecule has 0 amide bonds. The fourth-order valence-electron chi connectivity index (χ4n) is 1.76. The zero-order valence-electron chi connectivity index (χ0n) is 13.9. The standard InChI is InChI=1S/C17H29NO3/c1-14(13-19-5)20-10-11-21-16-8-6-15(7-9-16)12-18-17(2,3)4/h6-9,14,18H,10-13H2,1-5H3. The minimum Gasteiger partial charge on any atom is -0.491 e. The van der Waals surface area contributed by atoms with Gasteiger partial charge in [0.1, 0.15) is 12.4 Å². The molecule has 1 unspecified atom stereocenters. The molecule has 0 saturated carbocycles. The van der Waals surface area contributed by atoms with Crippen LogP contribution in [0.1, 0.15) is 33.3 Å². The molecular formula is C17H29NO3. The summed E-state index contributed by atoms with van der Waals surface area (Å²) < 4.78 is 16.2. The van der Waals surface area contributed by atoms with Gasteiger partial charge < -0.3 is 19.5 Å². The smallest absolute Gasteiger partial charge is 0.119 e. The van der Waals surface area contributed by atoms with E-state index in [9.17, 15) is 0 Å². The summed E-state index contributed by atoms with van der Waals surface area (Å²) in [6.07, 6.45) is 0.101. The monoisotopic (exact) mass is 295 g/mol. The van der Waals surface area contributed by atoms with E-state index >= 15 is 0 Å². The van der Waals surface area contributed by atoms with Crippen molar-refractivity contribution >= 4 is 0 Å². The summed E-state index contributed by atoms with van der Waals surface area (Å²) in [5, 5.41) is 3.46. The molecular weight excluding hydrogens is 266 g/mol. The molecule has 21 heavy (non-hydrogen) atoms. The summed E-state index contributed by atoms with van der Waals surface area (Å²) in [5.74, 6) is 0.873. The Morgan fingerprint density at radius 2 is 1.76 bits per heavy atom. The highest BCUT2D eigenvalue weighted by Gasteiger charge is 2.08. The van der Waals surface area contributed by atoms with Crippen LogP contribution in [0.25, 0.3) is 0 Å². The van der Waals surface area contributed by atoms with Crippen LogP contribution in [-0.2, 0) is 16.0 Å². The van der Waals surface area contributed by atoms with E-state index in [0.29, 0.717) is 19.8 Å². The maximum Gasteiger partial charge on any atom is 0.119 e. The Labute approximate surface area is 128 Å². The molecule has 4 heteroatoms. The van der Waals surface area contributed by atoms with Crippen LogP contribution in [0.5, 0.6) is 5.75 Å². The van der Waals surface area contributed by atoms with Crippen molar-refractivity contribution in [3.8, 4) is 5.75 Å². The number of hydrogen-bond donors (Lipinski definition) is 1. The molecule has 0 aliphatic heterocycles. The lowest BCUT2D eigenvalue weighted by Crippen LogP contribution is -2.35. The van der Waals surface area contributed by atoms with E-state index in [4.69, 9.17) is 14.2 Å². The van der Waals surface area contributed by atoms with Gasteiger partial charge in [0.05, 0.1) is 19.3 Å². The summed E-state index contributed by atoms with van der Waals surface area (Å²) in [6, 6.07) is 8.17. The van der Waals surface area contributed by atoms with Crippen LogP contribution in [0.4, 0.5) is 0 Å². The lowest BCUT2D eigenvalue weighted by molar-refractivity contribution is -0.00214. The SMILES string of the molecule is COCC(C)OCCOc1ccc(CNC(C)(C)C)cc1. The Kier molecular flexibility index (Phi) is 7.72. The van der Waals surface area contributed by atoms with Gasteiger partial charge in [-0.1, -0.05) is 12.1 Å². The lowest BCUT2D eigenvalue weighted by atomic mass is 10.1. The zero-order valence-corrected chi connectivity index (χ0v) is 13.9. The van der Waals surface area contributed by atoms with Crippen LogP contribution < -0.4 is 10.1 Å². The molecule has 0 fully saturated rings. The highest BCUT2D eigenvalue weighted by Crippen LogP contribution is 2.13. The Morgan fingerprint density at radius 1 is 1.10 bits per heavy atom. The van der Waals surface area contributed by atoms with Gasteiger partial charge in [0.25, 0.3) is 0 Å². The summed E-state index contributed by atoms with van der Waals surface area (Å²) >= 11 is 0. The van der Waals surface area contributed by atoms with Gasteiger partial charge >= 0.3 is 0 Å². The fourth-order valence-corrected chi connectivity index (χ4v) is 1.76. The van der Waals surface area contributed by atoms with Crippen molar-refractivity contribution in [1.29, 1.82) is 0 Å². The first-order valence-electron chi connectivity index (χ1n) is 7.48. The minimum atomic E-state index is 0.101. The molecule has 0 spiro atoms. The molecule has 1 aromatic rings. The van der Waals surface area contributed by atoms with Crippen molar-refractivity contribution in [2.45, 2.75) is 45.9 Å². The van der Waals surface area contributed by atoms with E-state index in [1.165, 1.54) is 5.56 Å². The third-order valence-corrected chi connectivity index (χ3v) is 2.90. The molecule has 1 rings (SSSR count). The second kappa shape index (κ2) is 9.03. The lowest BCUT2D eigenvalue weighted by Gasteiger charge is -2.20. The van der Waals surface area contributed by atoms with Gasteiger partial charge in [-0.2, -0.15) is 0 Å². The molecule has 0 heterocycles. The molecule has 1 N–H and O–H groups in total. The summed E-state index contributed by atoms with van der Waals surface area (Å²) in [6.45, 7) is 11.1. The van der Waals surface area contributed by atoms with E-state index in [1.807, 2.05) is 19.1 Å². The number of hydrogen-bond acceptors (Lipinski definition) is 4. The van der Waals surface area contributed by atoms with E-state index in [1.54, 1.807) is 7.11 Å². The molecule has 1 aromatic carbocycles. The molecule has 0 aliphatic rings. The van der Waals surface area contributed by atoms with Crippen LogP contribution in [-0.4, -0.2) is 38.6 Å². The van der Waals surface area contributed by atoms with Crippen molar-refractivity contribution in [3.63, 3.8) is 0 Å². The van der Waals surface area contributed by atoms with E-state index in [2.05, 4.69) is 38.2 Å². The normalized spacial score (nSPS) is 13.2. The Balaban J connectivity index is 2.25. The minimum absolute atomic E-state index is 0.101. The number of benzene rings is 1. The molecule has 0 radical (unpaired) electrons. The molecule has 0 aliphatic carbocycles. The van der Waals surface area contributed by atoms with Crippen LogP contribution in [0.15, 0.2) is 24.3 Å². The third-order valence-electron chi connectivity index (χ3n) is 2.90. The largest absolute Gasteiger partial charge is 0.491 e. The Morgan fingerprint density at radius 3 is 2.33 bits per heavy atom. The van der Waals surface area contributed by atoms with E-state index in [0.717, 1.165) is 12.3 Å². The highest BCUT2D eigenvalue weighted by atomic mass is 16.5. The van der Waals surface area contributed by atoms with E-state index < -0.39 is 0 Å². The first-order valence-corrected chi connectivity index (χ1v) is 7.48. The summed E-state index contributed by atoms with van der Waals surface area (Å²) in [4.78, 5) is 0. The maximum absolute atomic E-state index is 5.65.